The van der Waals surface area contributed by atoms with E-state index in [2.05, 4.69) is 16.4 Å². The highest BCUT2D eigenvalue weighted by Crippen LogP contribution is 2.28. The van der Waals surface area contributed by atoms with E-state index in [1.807, 2.05) is 18.2 Å². The van der Waals surface area contributed by atoms with Crippen molar-refractivity contribution in [2.75, 3.05) is 6.54 Å². The van der Waals surface area contributed by atoms with E-state index in [1.54, 1.807) is 18.3 Å². The van der Waals surface area contributed by atoms with Crippen molar-refractivity contribution >= 4 is 5.91 Å². The fourth-order valence-electron chi connectivity index (χ4n) is 2.78. The van der Waals surface area contributed by atoms with Crippen LogP contribution in [-0.4, -0.2) is 28.1 Å². The first-order valence-corrected chi connectivity index (χ1v) is 7.14. The number of carbonyl (C=O) groups is 1. The van der Waals surface area contributed by atoms with Crippen molar-refractivity contribution in [1.29, 1.82) is 0 Å². The van der Waals surface area contributed by atoms with Crippen LogP contribution in [-0.2, 0) is 12.8 Å². The van der Waals surface area contributed by atoms with Crippen molar-refractivity contribution in [3.05, 3.63) is 65.5 Å². The largest absolute Gasteiger partial charge is 0.388 e. The van der Waals surface area contributed by atoms with Crippen LogP contribution >= 0.6 is 0 Å². The molecule has 1 aliphatic carbocycles. The van der Waals surface area contributed by atoms with Crippen LogP contribution in [0.25, 0.3) is 0 Å². The molecule has 0 bridgehead atoms. The Hall–Kier alpha value is -2.20. The average Bonchev–Trinajstić information content (AvgIpc) is 2.53. The molecule has 3 rings (SSSR count). The summed E-state index contributed by atoms with van der Waals surface area (Å²) in [4.78, 5) is 15.9. The molecule has 2 N–H and O–H groups in total. The zero-order valence-corrected chi connectivity index (χ0v) is 11.7. The third-order valence-electron chi connectivity index (χ3n) is 4.00. The van der Waals surface area contributed by atoms with E-state index in [4.69, 9.17) is 0 Å². The first-order chi connectivity index (χ1) is 10.2. The monoisotopic (exact) mass is 282 g/mol. The van der Waals surface area contributed by atoms with Crippen molar-refractivity contribution in [2.45, 2.75) is 24.9 Å². The van der Waals surface area contributed by atoms with Crippen LogP contribution in [0, 0.1) is 0 Å². The lowest BCUT2D eigenvalue weighted by molar-refractivity contribution is 0.0260. The Morgan fingerprint density at radius 3 is 2.81 bits per heavy atom. The zero-order chi connectivity index (χ0) is 14.7. The summed E-state index contributed by atoms with van der Waals surface area (Å²) in [5.74, 6) is -0.199. The van der Waals surface area contributed by atoms with E-state index in [9.17, 15) is 9.90 Å². The second-order valence-corrected chi connectivity index (χ2v) is 5.59. The Labute approximate surface area is 123 Å². The first kappa shape index (κ1) is 13.8. The van der Waals surface area contributed by atoms with Gasteiger partial charge < -0.3 is 10.4 Å². The molecule has 1 unspecified atom stereocenters. The molecule has 0 saturated carbocycles. The van der Waals surface area contributed by atoms with Gasteiger partial charge in [0.1, 0.15) is 0 Å². The third kappa shape index (κ3) is 3.11. The fourth-order valence-corrected chi connectivity index (χ4v) is 2.78. The molecule has 1 aliphatic rings. The number of pyridine rings is 1. The van der Waals surface area contributed by atoms with Crippen LogP contribution < -0.4 is 5.32 Å². The number of nitrogens with zero attached hydrogens (tertiary/aromatic N) is 1. The Kier molecular flexibility index (Phi) is 3.71. The normalized spacial score (nSPS) is 20.6. The van der Waals surface area contributed by atoms with Crippen molar-refractivity contribution in [3.8, 4) is 0 Å². The molecule has 0 saturated heterocycles. The second kappa shape index (κ2) is 5.66. The van der Waals surface area contributed by atoms with Crippen LogP contribution in [0.1, 0.15) is 27.9 Å². The van der Waals surface area contributed by atoms with Crippen LogP contribution in [0.5, 0.6) is 0 Å². The molecule has 1 atom stereocenters. The first-order valence-electron chi connectivity index (χ1n) is 7.14. The van der Waals surface area contributed by atoms with Gasteiger partial charge in [0.15, 0.2) is 0 Å². The van der Waals surface area contributed by atoms with Crippen molar-refractivity contribution in [2.24, 2.45) is 0 Å². The molecule has 1 amide bonds. The average molecular weight is 282 g/mol. The molecule has 0 fully saturated rings. The van der Waals surface area contributed by atoms with Gasteiger partial charge in [0.2, 0.25) is 0 Å². The molecule has 0 radical (unpaired) electrons. The fraction of sp³-hybridized carbons (Fsp3) is 0.294. The van der Waals surface area contributed by atoms with E-state index in [0.717, 1.165) is 6.42 Å². The van der Waals surface area contributed by atoms with Gasteiger partial charge in [-0.3, -0.25) is 9.78 Å². The number of fused-ring (bicyclic) bond motifs is 1. The van der Waals surface area contributed by atoms with E-state index in [1.165, 1.54) is 17.3 Å². The van der Waals surface area contributed by atoms with Crippen LogP contribution in [0.4, 0.5) is 0 Å². The molecule has 0 aliphatic heterocycles. The third-order valence-corrected chi connectivity index (χ3v) is 4.00. The van der Waals surface area contributed by atoms with Crippen LogP contribution in [0.3, 0.4) is 0 Å². The van der Waals surface area contributed by atoms with Gasteiger partial charge in [-0.05, 0) is 36.1 Å². The summed E-state index contributed by atoms with van der Waals surface area (Å²) < 4.78 is 0. The SMILES string of the molecule is O=C(NCC1(O)CCc2ccccc2C1)c1cccnc1. The van der Waals surface area contributed by atoms with Crippen molar-refractivity contribution in [3.63, 3.8) is 0 Å². The summed E-state index contributed by atoms with van der Waals surface area (Å²) >= 11 is 0. The summed E-state index contributed by atoms with van der Waals surface area (Å²) in [6.45, 7) is 0.259. The van der Waals surface area contributed by atoms with E-state index >= 15 is 0 Å². The molecule has 1 heterocycles. The molecule has 1 aromatic heterocycles. The summed E-state index contributed by atoms with van der Waals surface area (Å²) in [6, 6.07) is 11.6. The smallest absolute Gasteiger partial charge is 0.252 e. The zero-order valence-electron chi connectivity index (χ0n) is 11.7. The molecule has 4 heteroatoms. The number of carbonyl (C=O) groups excluding carboxylic acids is 1. The second-order valence-electron chi connectivity index (χ2n) is 5.59. The predicted molar refractivity (Wildman–Crippen MR) is 80.0 cm³/mol. The number of aryl methyl sites for hydroxylation is 1. The highest BCUT2D eigenvalue weighted by Gasteiger charge is 2.32. The Morgan fingerprint density at radius 1 is 1.24 bits per heavy atom. The summed E-state index contributed by atoms with van der Waals surface area (Å²) in [6.07, 6.45) is 5.24. The Morgan fingerprint density at radius 2 is 2.05 bits per heavy atom. The van der Waals surface area contributed by atoms with E-state index in [0.29, 0.717) is 18.4 Å². The van der Waals surface area contributed by atoms with Gasteiger partial charge in [0, 0.05) is 25.4 Å². The predicted octanol–water partition coefficient (Wildman–Crippen LogP) is 1.73. The van der Waals surface area contributed by atoms with E-state index in [-0.39, 0.29) is 12.5 Å². The van der Waals surface area contributed by atoms with Gasteiger partial charge in [-0.1, -0.05) is 24.3 Å². The molecular formula is C17H18N2O2. The molecule has 4 nitrogen and oxygen atoms in total. The number of hydrogen-bond acceptors (Lipinski definition) is 3. The lowest BCUT2D eigenvalue weighted by atomic mass is 9.80. The number of amides is 1. The molecule has 0 spiro atoms. The van der Waals surface area contributed by atoms with Gasteiger partial charge in [-0.2, -0.15) is 0 Å². The molecule has 108 valence electrons. The summed E-state index contributed by atoms with van der Waals surface area (Å²) in [7, 11) is 0. The maximum absolute atomic E-state index is 12.0. The molecule has 2 aromatic rings. The van der Waals surface area contributed by atoms with Crippen LogP contribution in [0.2, 0.25) is 0 Å². The minimum atomic E-state index is -0.869. The standard InChI is InChI=1S/C17H18N2O2/c20-16(15-6-3-9-18-11-15)19-12-17(21)8-7-13-4-1-2-5-14(13)10-17/h1-6,9,11,21H,7-8,10,12H2,(H,19,20). The molecule has 21 heavy (non-hydrogen) atoms. The lowest BCUT2D eigenvalue weighted by Gasteiger charge is -2.33. The number of rotatable bonds is 3. The van der Waals surface area contributed by atoms with Crippen LogP contribution in [0.15, 0.2) is 48.8 Å². The topological polar surface area (TPSA) is 62.2 Å². The number of aliphatic hydroxyl groups is 1. The van der Waals surface area contributed by atoms with Gasteiger partial charge in [-0.25, -0.2) is 0 Å². The van der Waals surface area contributed by atoms with Gasteiger partial charge in [0.25, 0.3) is 5.91 Å². The maximum Gasteiger partial charge on any atom is 0.252 e. The number of benzene rings is 1. The summed E-state index contributed by atoms with van der Waals surface area (Å²) in [5.41, 5.74) is 2.10. The Balaban J connectivity index is 1.65. The lowest BCUT2D eigenvalue weighted by Crippen LogP contribution is -2.46. The number of aromatic nitrogens is 1. The van der Waals surface area contributed by atoms with E-state index < -0.39 is 5.60 Å². The molecular weight excluding hydrogens is 264 g/mol. The minimum absolute atomic E-state index is 0.199. The minimum Gasteiger partial charge on any atom is -0.388 e. The highest BCUT2D eigenvalue weighted by molar-refractivity contribution is 5.93. The van der Waals surface area contributed by atoms with Crippen molar-refractivity contribution in [1.82, 2.24) is 10.3 Å². The quantitative estimate of drug-likeness (QED) is 0.901. The summed E-state index contributed by atoms with van der Waals surface area (Å²) in [5, 5.41) is 13.5. The number of hydrogen-bond donors (Lipinski definition) is 2. The van der Waals surface area contributed by atoms with Gasteiger partial charge in [0.05, 0.1) is 11.2 Å². The van der Waals surface area contributed by atoms with Gasteiger partial charge >= 0.3 is 0 Å². The van der Waals surface area contributed by atoms with Gasteiger partial charge in [-0.15, -0.1) is 0 Å². The molecule has 1 aromatic carbocycles. The highest BCUT2D eigenvalue weighted by atomic mass is 16.3. The Bertz CT molecular complexity index is 642. The maximum atomic E-state index is 12.0. The van der Waals surface area contributed by atoms with Crippen molar-refractivity contribution < 1.29 is 9.90 Å². The number of nitrogens with one attached hydrogen (secondary N) is 1.